The summed E-state index contributed by atoms with van der Waals surface area (Å²) in [6.07, 6.45) is 0. The monoisotopic (exact) mass is 443 g/mol. The number of rotatable bonds is 5. The van der Waals surface area contributed by atoms with E-state index in [0.29, 0.717) is 54.1 Å². The van der Waals surface area contributed by atoms with Gasteiger partial charge in [0, 0.05) is 43.3 Å². The Balaban J connectivity index is 1.58. The van der Waals surface area contributed by atoms with Crippen molar-refractivity contribution >= 4 is 34.6 Å². The van der Waals surface area contributed by atoms with Gasteiger partial charge in [0.2, 0.25) is 0 Å². The fourth-order valence-corrected chi connectivity index (χ4v) is 3.65. The van der Waals surface area contributed by atoms with Crippen LogP contribution in [0.15, 0.2) is 36.4 Å². The van der Waals surface area contributed by atoms with Crippen molar-refractivity contribution in [2.24, 2.45) is 0 Å². The molecule has 4 nitrogen and oxygen atoms in total. The number of thiocarbonyl (C=S) groups is 1. The second-order valence-electron chi connectivity index (χ2n) is 6.77. The minimum atomic E-state index is -2.92. The standard InChI is InChI=1S/C20H21ClF3N3OS/c1-13-5-6-17(18(11-13)28-19(23)24)25-20(29)27-9-7-26(8-10-27)12-14-15(21)3-2-4-16(14)22/h2-6,11,19H,7-10,12H2,1H3,(H,25,29). The zero-order valence-corrected chi connectivity index (χ0v) is 17.4. The molecule has 3 rings (SSSR count). The van der Waals surface area contributed by atoms with Gasteiger partial charge in [0.05, 0.1) is 5.69 Å². The van der Waals surface area contributed by atoms with Crippen LogP contribution >= 0.6 is 23.8 Å². The number of hydrogen-bond acceptors (Lipinski definition) is 3. The molecule has 0 aliphatic carbocycles. The van der Waals surface area contributed by atoms with Crippen LogP contribution in [0, 0.1) is 12.7 Å². The fraction of sp³-hybridized carbons (Fsp3) is 0.350. The number of ether oxygens (including phenoxy) is 1. The molecule has 156 valence electrons. The lowest BCUT2D eigenvalue weighted by molar-refractivity contribution is -0.0493. The van der Waals surface area contributed by atoms with Gasteiger partial charge in [-0.3, -0.25) is 4.90 Å². The van der Waals surface area contributed by atoms with Crippen LogP contribution in [-0.4, -0.2) is 47.7 Å². The van der Waals surface area contributed by atoms with Crippen molar-refractivity contribution in [3.05, 3.63) is 58.4 Å². The van der Waals surface area contributed by atoms with Crippen LogP contribution in [0.25, 0.3) is 0 Å². The minimum absolute atomic E-state index is 0.0511. The van der Waals surface area contributed by atoms with E-state index in [0.717, 1.165) is 5.56 Å². The van der Waals surface area contributed by atoms with Crippen LogP contribution in [0.1, 0.15) is 11.1 Å². The Hall–Kier alpha value is -2.03. The highest BCUT2D eigenvalue weighted by atomic mass is 35.5. The molecule has 2 aromatic carbocycles. The highest BCUT2D eigenvalue weighted by Crippen LogP contribution is 2.28. The van der Waals surface area contributed by atoms with Gasteiger partial charge < -0.3 is 15.0 Å². The molecular formula is C20H21ClF3N3OS. The van der Waals surface area contributed by atoms with E-state index in [9.17, 15) is 13.2 Å². The summed E-state index contributed by atoms with van der Waals surface area (Å²) in [5, 5.41) is 3.83. The number of halogens is 4. The van der Waals surface area contributed by atoms with Crippen LogP contribution in [0.4, 0.5) is 18.9 Å². The van der Waals surface area contributed by atoms with E-state index in [1.165, 1.54) is 12.1 Å². The van der Waals surface area contributed by atoms with Crippen LogP contribution in [0.5, 0.6) is 5.75 Å². The maximum atomic E-state index is 14.0. The summed E-state index contributed by atoms with van der Waals surface area (Å²) < 4.78 is 43.9. The molecule has 1 fully saturated rings. The first-order chi connectivity index (χ1) is 13.8. The lowest BCUT2D eigenvalue weighted by Gasteiger charge is -2.36. The van der Waals surface area contributed by atoms with Gasteiger partial charge in [-0.1, -0.05) is 23.7 Å². The van der Waals surface area contributed by atoms with Crippen molar-refractivity contribution in [1.82, 2.24) is 9.80 Å². The third-order valence-electron chi connectivity index (χ3n) is 4.70. The molecule has 0 aromatic heterocycles. The summed E-state index contributed by atoms with van der Waals surface area (Å²) in [6.45, 7) is 1.87. The summed E-state index contributed by atoms with van der Waals surface area (Å²) >= 11 is 11.6. The van der Waals surface area contributed by atoms with Crippen molar-refractivity contribution < 1.29 is 17.9 Å². The SMILES string of the molecule is Cc1ccc(NC(=S)N2CCN(Cc3c(F)cccc3Cl)CC2)c(OC(F)F)c1. The van der Waals surface area contributed by atoms with Crippen LogP contribution < -0.4 is 10.1 Å². The number of benzene rings is 2. The molecule has 0 saturated carbocycles. The Morgan fingerprint density at radius 1 is 1.21 bits per heavy atom. The Morgan fingerprint density at radius 2 is 1.93 bits per heavy atom. The zero-order chi connectivity index (χ0) is 21.0. The molecule has 2 aromatic rings. The van der Waals surface area contributed by atoms with Gasteiger partial charge in [-0.2, -0.15) is 8.78 Å². The van der Waals surface area contributed by atoms with Crippen molar-refractivity contribution in [2.45, 2.75) is 20.1 Å². The van der Waals surface area contributed by atoms with Gasteiger partial charge in [-0.15, -0.1) is 0 Å². The van der Waals surface area contributed by atoms with Gasteiger partial charge in [-0.25, -0.2) is 4.39 Å². The number of hydrogen-bond donors (Lipinski definition) is 1. The number of alkyl halides is 2. The van der Waals surface area contributed by atoms with Gasteiger partial charge in [0.1, 0.15) is 11.6 Å². The van der Waals surface area contributed by atoms with Crippen molar-refractivity contribution in [2.75, 3.05) is 31.5 Å². The molecule has 0 unspecified atom stereocenters. The number of anilines is 1. The van der Waals surface area contributed by atoms with Gasteiger partial charge in [-0.05, 0) is 49.0 Å². The molecule has 9 heteroatoms. The topological polar surface area (TPSA) is 27.7 Å². The second kappa shape index (κ2) is 9.65. The third kappa shape index (κ3) is 5.74. The Kier molecular flexibility index (Phi) is 7.21. The summed E-state index contributed by atoms with van der Waals surface area (Å²) in [5.41, 5.74) is 1.68. The summed E-state index contributed by atoms with van der Waals surface area (Å²) in [7, 11) is 0. The smallest absolute Gasteiger partial charge is 0.387 e. The number of piperazine rings is 1. The quantitative estimate of drug-likeness (QED) is 0.663. The van der Waals surface area contributed by atoms with Crippen molar-refractivity contribution in [3.8, 4) is 5.75 Å². The van der Waals surface area contributed by atoms with Crippen LogP contribution in [0.2, 0.25) is 5.02 Å². The molecule has 1 saturated heterocycles. The first kappa shape index (κ1) is 21.7. The van der Waals surface area contributed by atoms with E-state index in [1.807, 2.05) is 4.90 Å². The van der Waals surface area contributed by atoms with Gasteiger partial charge in [0.25, 0.3) is 0 Å². The number of nitrogens with one attached hydrogen (secondary N) is 1. The van der Waals surface area contributed by atoms with Crippen molar-refractivity contribution in [1.29, 1.82) is 0 Å². The normalized spacial score (nSPS) is 14.9. The fourth-order valence-electron chi connectivity index (χ4n) is 3.14. The molecule has 0 radical (unpaired) electrons. The molecule has 1 N–H and O–H groups in total. The molecule has 1 aliphatic heterocycles. The van der Waals surface area contributed by atoms with Gasteiger partial charge >= 0.3 is 6.61 Å². The highest BCUT2D eigenvalue weighted by Gasteiger charge is 2.22. The predicted molar refractivity (Wildman–Crippen MR) is 112 cm³/mol. The largest absolute Gasteiger partial charge is 0.433 e. The first-order valence-electron chi connectivity index (χ1n) is 9.10. The Morgan fingerprint density at radius 3 is 2.59 bits per heavy atom. The molecule has 0 spiro atoms. The van der Waals surface area contributed by atoms with Crippen molar-refractivity contribution in [3.63, 3.8) is 0 Å². The van der Waals surface area contributed by atoms with E-state index >= 15 is 0 Å². The molecule has 1 heterocycles. The summed E-state index contributed by atoms with van der Waals surface area (Å²) in [6, 6.07) is 9.65. The number of aryl methyl sites for hydroxylation is 1. The van der Waals surface area contributed by atoms with E-state index in [4.69, 9.17) is 23.8 Å². The van der Waals surface area contributed by atoms with E-state index in [1.54, 1.807) is 31.2 Å². The summed E-state index contributed by atoms with van der Waals surface area (Å²) in [4.78, 5) is 4.04. The molecule has 29 heavy (non-hydrogen) atoms. The maximum absolute atomic E-state index is 14.0. The Labute approximate surface area is 178 Å². The molecule has 0 amide bonds. The average Bonchev–Trinajstić information content (AvgIpc) is 2.67. The van der Waals surface area contributed by atoms with Crippen LogP contribution in [0.3, 0.4) is 0 Å². The minimum Gasteiger partial charge on any atom is -0.433 e. The van der Waals surface area contributed by atoms with E-state index in [2.05, 4.69) is 15.0 Å². The van der Waals surface area contributed by atoms with E-state index < -0.39 is 6.61 Å². The second-order valence-corrected chi connectivity index (χ2v) is 7.57. The molecule has 1 aliphatic rings. The average molecular weight is 444 g/mol. The number of nitrogens with zero attached hydrogens (tertiary/aromatic N) is 2. The zero-order valence-electron chi connectivity index (χ0n) is 15.8. The summed E-state index contributed by atoms with van der Waals surface area (Å²) in [5.74, 6) is -0.266. The Bertz CT molecular complexity index is 856. The predicted octanol–water partition coefficient (Wildman–Crippen LogP) is 4.90. The highest BCUT2D eigenvalue weighted by molar-refractivity contribution is 7.80. The van der Waals surface area contributed by atoms with Crippen LogP contribution in [-0.2, 0) is 6.54 Å². The lowest BCUT2D eigenvalue weighted by atomic mass is 10.2. The molecular weight excluding hydrogens is 423 g/mol. The maximum Gasteiger partial charge on any atom is 0.387 e. The molecule has 0 atom stereocenters. The van der Waals surface area contributed by atoms with Gasteiger partial charge in [0.15, 0.2) is 5.11 Å². The first-order valence-corrected chi connectivity index (χ1v) is 9.88. The third-order valence-corrected chi connectivity index (χ3v) is 5.41. The molecule has 0 bridgehead atoms. The lowest BCUT2D eigenvalue weighted by Crippen LogP contribution is -2.49. The van der Waals surface area contributed by atoms with E-state index in [-0.39, 0.29) is 11.6 Å².